The number of nitrogens with two attached hydrogens (primary N) is 1. The fourth-order valence-corrected chi connectivity index (χ4v) is 5.04. The molecule has 1 aliphatic heterocycles. The first-order valence-corrected chi connectivity index (χ1v) is 10.9. The number of aryl methyl sites for hydroxylation is 1. The van der Waals surface area contributed by atoms with Crippen molar-refractivity contribution in [1.82, 2.24) is 24.8 Å². The first-order chi connectivity index (χ1) is 14.7. The number of nitrogens with one attached hydrogen (secondary N) is 1. The zero-order valence-electron chi connectivity index (χ0n) is 16.7. The molecule has 0 aliphatic carbocycles. The number of thiazole rings is 1. The summed E-state index contributed by atoms with van der Waals surface area (Å²) in [6, 6.07) is 16.6. The molecule has 3 N–H and O–H groups in total. The third kappa shape index (κ3) is 3.83. The molecular formula is C22H23N7S. The van der Waals surface area contributed by atoms with Gasteiger partial charge in [0, 0.05) is 5.69 Å². The zero-order valence-corrected chi connectivity index (χ0v) is 17.6. The minimum atomic E-state index is 0.229. The van der Waals surface area contributed by atoms with Crippen molar-refractivity contribution < 1.29 is 0 Å². The van der Waals surface area contributed by atoms with E-state index in [-0.39, 0.29) is 12.0 Å². The largest absolute Gasteiger partial charge is 0.368 e. The number of benzene rings is 2. The Balaban J connectivity index is 1.38. The number of nitrogen functional groups attached to an aromatic ring is 1. The number of para-hydroxylation sites is 2. The van der Waals surface area contributed by atoms with Gasteiger partial charge in [-0.1, -0.05) is 30.3 Å². The highest BCUT2D eigenvalue weighted by molar-refractivity contribution is 7.18. The normalized spacial score (nSPS) is 16.9. The minimum Gasteiger partial charge on any atom is -0.368 e. The van der Waals surface area contributed by atoms with Crippen molar-refractivity contribution in [2.24, 2.45) is 0 Å². The van der Waals surface area contributed by atoms with Crippen LogP contribution in [0.25, 0.3) is 10.2 Å². The lowest BCUT2D eigenvalue weighted by molar-refractivity contribution is 0.242. The van der Waals surface area contributed by atoms with Gasteiger partial charge in [-0.25, -0.2) is 4.98 Å². The standard InChI is InChI=1S/C22H23N7S/c1-14-7-2-3-8-15(14)25-22-27-19(26-21(23)28-22)13-29-12-6-10-17(29)20-24-16-9-4-5-11-18(16)30-20/h2-5,7-9,11,17H,6,10,12-13H2,1H3,(H3,23,25,26,27,28)/t17-/m0/s1. The van der Waals surface area contributed by atoms with Crippen molar-refractivity contribution in [2.75, 3.05) is 17.6 Å². The first kappa shape index (κ1) is 18.9. The Hall–Kier alpha value is -3.10. The molecule has 2 aromatic heterocycles. The maximum atomic E-state index is 5.99. The molecule has 4 aromatic rings. The van der Waals surface area contributed by atoms with Crippen molar-refractivity contribution in [3.63, 3.8) is 0 Å². The van der Waals surface area contributed by atoms with Crippen LogP contribution in [0.2, 0.25) is 0 Å². The van der Waals surface area contributed by atoms with Crippen molar-refractivity contribution in [3.8, 4) is 0 Å². The van der Waals surface area contributed by atoms with Crippen LogP contribution in [0, 0.1) is 6.92 Å². The molecule has 1 saturated heterocycles. The number of hydrogen-bond acceptors (Lipinski definition) is 8. The fraction of sp³-hybridized carbons (Fsp3) is 0.273. The van der Waals surface area contributed by atoms with Gasteiger partial charge in [-0.2, -0.15) is 15.0 Å². The Bertz CT molecular complexity index is 1160. The van der Waals surface area contributed by atoms with Crippen LogP contribution >= 0.6 is 11.3 Å². The number of nitrogens with zero attached hydrogens (tertiary/aromatic N) is 5. The number of anilines is 3. The third-order valence-electron chi connectivity index (χ3n) is 5.39. The molecule has 0 radical (unpaired) electrons. The van der Waals surface area contributed by atoms with Crippen molar-refractivity contribution in [1.29, 1.82) is 0 Å². The number of fused-ring (bicyclic) bond motifs is 1. The van der Waals surface area contributed by atoms with Gasteiger partial charge in [-0.15, -0.1) is 11.3 Å². The SMILES string of the molecule is Cc1ccccc1Nc1nc(N)nc(CN2CCC[C@H]2c2nc3ccccc3s2)n1. The Morgan fingerprint density at radius 3 is 2.77 bits per heavy atom. The molecule has 30 heavy (non-hydrogen) atoms. The molecule has 1 fully saturated rings. The molecule has 0 spiro atoms. The van der Waals surface area contributed by atoms with Gasteiger partial charge in [0.25, 0.3) is 0 Å². The van der Waals surface area contributed by atoms with E-state index < -0.39 is 0 Å². The van der Waals surface area contributed by atoms with Crippen LogP contribution in [0.15, 0.2) is 48.5 Å². The molecule has 152 valence electrons. The predicted molar refractivity (Wildman–Crippen MR) is 121 cm³/mol. The van der Waals surface area contributed by atoms with E-state index in [1.54, 1.807) is 11.3 Å². The van der Waals surface area contributed by atoms with Gasteiger partial charge in [0.2, 0.25) is 11.9 Å². The molecule has 0 amide bonds. The van der Waals surface area contributed by atoms with Crippen LogP contribution < -0.4 is 11.1 Å². The lowest BCUT2D eigenvalue weighted by atomic mass is 10.2. The van der Waals surface area contributed by atoms with E-state index in [2.05, 4.69) is 43.4 Å². The second-order valence-corrected chi connectivity index (χ2v) is 8.58. The highest BCUT2D eigenvalue weighted by Gasteiger charge is 2.29. The Morgan fingerprint density at radius 1 is 1.07 bits per heavy atom. The summed E-state index contributed by atoms with van der Waals surface area (Å²) in [5, 5.41) is 4.43. The Labute approximate surface area is 179 Å². The first-order valence-electron chi connectivity index (χ1n) is 10.1. The van der Waals surface area contributed by atoms with Gasteiger partial charge in [0.1, 0.15) is 10.8 Å². The average Bonchev–Trinajstić information content (AvgIpc) is 3.35. The number of rotatable bonds is 5. The van der Waals surface area contributed by atoms with Crippen LogP contribution in [-0.2, 0) is 6.54 Å². The van der Waals surface area contributed by atoms with Crippen LogP contribution in [0.3, 0.4) is 0 Å². The van der Waals surface area contributed by atoms with Crippen LogP contribution in [0.4, 0.5) is 17.6 Å². The van der Waals surface area contributed by atoms with Crippen LogP contribution in [0.1, 0.15) is 35.3 Å². The molecule has 2 aromatic carbocycles. The van der Waals surface area contributed by atoms with Gasteiger partial charge < -0.3 is 11.1 Å². The second-order valence-electron chi connectivity index (χ2n) is 7.52. The summed E-state index contributed by atoms with van der Waals surface area (Å²) in [5.74, 6) is 1.38. The van der Waals surface area contributed by atoms with Gasteiger partial charge in [0.05, 0.1) is 22.8 Å². The molecule has 0 saturated carbocycles. The minimum absolute atomic E-state index is 0.229. The Morgan fingerprint density at radius 2 is 1.90 bits per heavy atom. The number of likely N-dealkylation sites (tertiary alicyclic amines) is 1. The summed E-state index contributed by atoms with van der Waals surface area (Å²) in [7, 11) is 0. The summed E-state index contributed by atoms with van der Waals surface area (Å²) >= 11 is 1.78. The quantitative estimate of drug-likeness (QED) is 0.495. The fourth-order valence-electron chi connectivity index (χ4n) is 3.91. The topological polar surface area (TPSA) is 92.8 Å². The van der Waals surface area contributed by atoms with Gasteiger partial charge in [0.15, 0.2) is 0 Å². The van der Waals surface area contributed by atoms with E-state index in [4.69, 9.17) is 10.7 Å². The summed E-state index contributed by atoms with van der Waals surface area (Å²) in [6.45, 7) is 3.66. The maximum absolute atomic E-state index is 5.99. The molecule has 1 aliphatic rings. The Kier molecular flexibility index (Phi) is 5.02. The van der Waals surface area contributed by atoms with Crippen molar-refractivity contribution in [3.05, 3.63) is 64.9 Å². The summed E-state index contributed by atoms with van der Waals surface area (Å²) in [4.78, 5) is 20.6. The molecule has 0 unspecified atom stereocenters. The van der Waals surface area contributed by atoms with E-state index in [0.29, 0.717) is 18.3 Å². The molecule has 7 nitrogen and oxygen atoms in total. The van der Waals surface area contributed by atoms with E-state index in [1.165, 1.54) is 4.70 Å². The molecular weight excluding hydrogens is 394 g/mol. The molecule has 1 atom stereocenters. The van der Waals surface area contributed by atoms with E-state index >= 15 is 0 Å². The van der Waals surface area contributed by atoms with Crippen LogP contribution in [0.5, 0.6) is 0 Å². The van der Waals surface area contributed by atoms with Crippen molar-refractivity contribution >= 4 is 39.1 Å². The molecule has 3 heterocycles. The predicted octanol–water partition coefficient (Wildman–Crippen LogP) is 4.45. The third-order valence-corrected chi connectivity index (χ3v) is 6.53. The lowest BCUT2D eigenvalue weighted by Gasteiger charge is -2.22. The van der Waals surface area contributed by atoms with Gasteiger partial charge in [-0.05, 0) is 50.1 Å². The second kappa shape index (κ2) is 7.97. The highest BCUT2D eigenvalue weighted by Crippen LogP contribution is 2.37. The summed E-state index contributed by atoms with van der Waals surface area (Å²) in [6.07, 6.45) is 2.23. The highest BCUT2D eigenvalue weighted by atomic mass is 32.1. The smallest absolute Gasteiger partial charge is 0.232 e. The molecule has 8 heteroatoms. The monoisotopic (exact) mass is 417 g/mol. The van der Waals surface area contributed by atoms with Crippen LogP contribution in [-0.4, -0.2) is 31.4 Å². The number of hydrogen-bond donors (Lipinski definition) is 2. The maximum Gasteiger partial charge on any atom is 0.232 e. The lowest BCUT2D eigenvalue weighted by Crippen LogP contribution is -2.24. The van der Waals surface area contributed by atoms with Gasteiger partial charge >= 0.3 is 0 Å². The van der Waals surface area contributed by atoms with Crippen molar-refractivity contribution in [2.45, 2.75) is 32.4 Å². The van der Waals surface area contributed by atoms with E-state index in [1.807, 2.05) is 37.3 Å². The van der Waals surface area contributed by atoms with Gasteiger partial charge in [-0.3, -0.25) is 4.90 Å². The summed E-state index contributed by atoms with van der Waals surface area (Å²) < 4.78 is 1.23. The number of aromatic nitrogens is 4. The zero-order chi connectivity index (χ0) is 20.5. The van der Waals surface area contributed by atoms with E-state index in [9.17, 15) is 0 Å². The average molecular weight is 418 g/mol. The molecule has 0 bridgehead atoms. The van der Waals surface area contributed by atoms with E-state index in [0.717, 1.165) is 41.2 Å². The summed E-state index contributed by atoms with van der Waals surface area (Å²) in [5.41, 5.74) is 9.14. The molecule has 5 rings (SSSR count).